The van der Waals surface area contributed by atoms with Gasteiger partial charge in [-0.15, -0.1) is 0 Å². The molecule has 0 aliphatic heterocycles. The van der Waals surface area contributed by atoms with Crippen molar-refractivity contribution in [1.82, 2.24) is 9.71 Å². The summed E-state index contributed by atoms with van der Waals surface area (Å²) in [6, 6.07) is 11.8. The van der Waals surface area contributed by atoms with Crippen molar-refractivity contribution in [3.8, 4) is 11.3 Å². The zero-order chi connectivity index (χ0) is 16.6. The van der Waals surface area contributed by atoms with Crippen LogP contribution in [0.2, 0.25) is 5.02 Å². The van der Waals surface area contributed by atoms with E-state index < -0.39 is 15.3 Å². The normalized spacial score (nSPS) is 20.7. The summed E-state index contributed by atoms with van der Waals surface area (Å²) in [4.78, 5) is 4.30. The molecule has 4 nitrogen and oxygen atoms in total. The van der Waals surface area contributed by atoms with E-state index in [-0.39, 0.29) is 12.0 Å². The molecule has 0 amide bonds. The van der Waals surface area contributed by atoms with Crippen molar-refractivity contribution in [3.63, 3.8) is 0 Å². The van der Waals surface area contributed by atoms with E-state index in [0.717, 1.165) is 23.2 Å². The van der Waals surface area contributed by atoms with Crippen molar-refractivity contribution < 1.29 is 8.42 Å². The van der Waals surface area contributed by atoms with Gasteiger partial charge in [0.25, 0.3) is 0 Å². The van der Waals surface area contributed by atoms with E-state index in [4.69, 9.17) is 11.6 Å². The summed E-state index contributed by atoms with van der Waals surface area (Å²) in [5.74, 6) is 0.260. The van der Waals surface area contributed by atoms with Gasteiger partial charge in [0.15, 0.2) is 0 Å². The number of nitrogens with one attached hydrogen (secondary N) is 1. The first-order chi connectivity index (χ1) is 10.9. The van der Waals surface area contributed by atoms with E-state index >= 15 is 0 Å². The van der Waals surface area contributed by atoms with Crippen LogP contribution in [-0.2, 0) is 10.0 Å². The molecule has 1 unspecified atom stereocenters. The molecule has 0 bridgehead atoms. The average molecular weight is 351 g/mol. The monoisotopic (exact) mass is 350 g/mol. The molecule has 2 atom stereocenters. The lowest BCUT2D eigenvalue weighted by Gasteiger charge is -2.09. The van der Waals surface area contributed by atoms with E-state index in [1.165, 1.54) is 0 Å². The molecular formula is C17H19ClN2O2S. The van der Waals surface area contributed by atoms with Gasteiger partial charge in [0.05, 0.1) is 16.0 Å². The highest BCUT2D eigenvalue weighted by atomic mass is 35.5. The Morgan fingerprint density at radius 3 is 2.43 bits per heavy atom. The van der Waals surface area contributed by atoms with Gasteiger partial charge < -0.3 is 0 Å². The molecule has 0 saturated heterocycles. The van der Waals surface area contributed by atoms with Crippen molar-refractivity contribution in [2.75, 3.05) is 0 Å². The maximum atomic E-state index is 11.9. The minimum absolute atomic E-state index is 0.0157. The highest BCUT2D eigenvalue weighted by Gasteiger charge is 2.41. The highest BCUT2D eigenvalue weighted by Crippen LogP contribution is 2.41. The Morgan fingerprint density at radius 1 is 1.17 bits per heavy atom. The van der Waals surface area contributed by atoms with Gasteiger partial charge in [-0.2, -0.15) is 0 Å². The van der Waals surface area contributed by atoms with E-state index in [9.17, 15) is 8.42 Å². The molecule has 1 aromatic carbocycles. The Morgan fingerprint density at radius 2 is 1.87 bits per heavy atom. The Labute approximate surface area is 142 Å². The second-order valence-electron chi connectivity index (χ2n) is 6.14. The Bertz CT molecular complexity index is 786. The molecule has 6 heteroatoms. The van der Waals surface area contributed by atoms with Crippen molar-refractivity contribution >= 4 is 21.6 Å². The number of sulfonamides is 1. The third-order valence-corrected chi connectivity index (χ3v) is 6.18. The van der Waals surface area contributed by atoms with E-state index in [0.29, 0.717) is 5.02 Å². The molecule has 122 valence electrons. The van der Waals surface area contributed by atoms with Gasteiger partial charge in [0.2, 0.25) is 10.0 Å². The van der Waals surface area contributed by atoms with Crippen LogP contribution in [0.15, 0.2) is 42.6 Å². The molecule has 1 N–H and O–H groups in total. The number of hydrogen-bond acceptors (Lipinski definition) is 3. The predicted octanol–water partition coefficient (Wildman–Crippen LogP) is 3.59. The van der Waals surface area contributed by atoms with Gasteiger partial charge in [-0.05, 0) is 38.0 Å². The minimum atomic E-state index is -3.20. The molecular weight excluding hydrogens is 332 g/mol. The number of nitrogens with zero attached hydrogens (tertiary/aromatic N) is 1. The first kappa shape index (κ1) is 16.4. The molecule has 1 aromatic heterocycles. The van der Waals surface area contributed by atoms with E-state index in [1.54, 1.807) is 20.0 Å². The summed E-state index contributed by atoms with van der Waals surface area (Å²) in [5.41, 5.74) is 3.04. The minimum Gasteiger partial charge on any atom is -0.255 e. The summed E-state index contributed by atoms with van der Waals surface area (Å²) >= 11 is 5.85. The molecule has 0 spiro atoms. The largest absolute Gasteiger partial charge is 0.255 e. The first-order valence-electron chi connectivity index (χ1n) is 7.60. The molecule has 0 radical (unpaired) electrons. The highest BCUT2D eigenvalue weighted by molar-refractivity contribution is 7.90. The zero-order valence-corrected chi connectivity index (χ0v) is 14.6. The van der Waals surface area contributed by atoms with E-state index in [2.05, 4.69) is 9.71 Å². The molecule has 23 heavy (non-hydrogen) atoms. The fraction of sp³-hybridized carbons (Fsp3) is 0.353. The van der Waals surface area contributed by atoms with Gasteiger partial charge in [-0.3, -0.25) is 4.98 Å². The SMILES string of the molecule is CC(C)S(=O)(=O)N[C@H]1CC1c1ccc(-c2ccc(Cl)cn2)cc1. The lowest BCUT2D eigenvalue weighted by molar-refractivity contribution is 0.571. The molecule has 1 heterocycles. The number of hydrogen-bond donors (Lipinski definition) is 1. The molecule has 2 aromatic rings. The van der Waals surface area contributed by atoms with Gasteiger partial charge in [-0.25, -0.2) is 13.1 Å². The maximum absolute atomic E-state index is 11.9. The summed E-state index contributed by atoms with van der Waals surface area (Å²) in [6.45, 7) is 3.38. The average Bonchev–Trinajstić information content (AvgIpc) is 3.26. The lowest BCUT2D eigenvalue weighted by atomic mass is 10.1. The summed E-state index contributed by atoms with van der Waals surface area (Å²) in [7, 11) is -3.20. The van der Waals surface area contributed by atoms with E-state index in [1.807, 2.05) is 36.4 Å². The molecule has 3 rings (SSSR count). The van der Waals surface area contributed by atoms with Gasteiger partial charge in [-0.1, -0.05) is 35.9 Å². The molecule has 1 aliphatic carbocycles. The van der Waals surface area contributed by atoms with Crippen molar-refractivity contribution in [1.29, 1.82) is 0 Å². The van der Waals surface area contributed by atoms with Crippen LogP contribution in [0.4, 0.5) is 0 Å². The van der Waals surface area contributed by atoms with Crippen molar-refractivity contribution in [3.05, 3.63) is 53.2 Å². The van der Waals surface area contributed by atoms with Crippen LogP contribution >= 0.6 is 11.6 Å². The first-order valence-corrected chi connectivity index (χ1v) is 9.52. The fourth-order valence-electron chi connectivity index (χ4n) is 2.49. The van der Waals surface area contributed by atoms with Crippen molar-refractivity contribution in [2.45, 2.75) is 37.5 Å². The number of benzene rings is 1. The summed E-state index contributed by atoms with van der Waals surface area (Å²) in [6.07, 6.45) is 2.48. The quantitative estimate of drug-likeness (QED) is 0.896. The predicted molar refractivity (Wildman–Crippen MR) is 93.0 cm³/mol. The number of pyridine rings is 1. The topological polar surface area (TPSA) is 59.1 Å². The third-order valence-electron chi connectivity index (χ3n) is 4.09. The molecule has 1 aliphatic rings. The van der Waals surface area contributed by atoms with Gasteiger partial charge >= 0.3 is 0 Å². The second-order valence-corrected chi connectivity index (χ2v) is 8.85. The molecule has 1 saturated carbocycles. The molecule has 1 fully saturated rings. The zero-order valence-electron chi connectivity index (χ0n) is 13.0. The fourth-order valence-corrected chi connectivity index (χ4v) is 3.55. The lowest BCUT2D eigenvalue weighted by Crippen LogP contribution is -2.33. The van der Waals surface area contributed by atoms with Crippen LogP contribution in [-0.4, -0.2) is 24.7 Å². The smallest absolute Gasteiger partial charge is 0.214 e. The maximum Gasteiger partial charge on any atom is 0.214 e. The van der Waals surface area contributed by atoms with Crippen molar-refractivity contribution in [2.24, 2.45) is 0 Å². The van der Waals surface area contributed by atoms with Gasteiger partial charge in [0, 0.05) is 23.7 Å². The van der Waals surface area contributed by atoms with Crippen LogP contribution in [0.5, 0.6) is 0 Å². The van der Waals surface area contributed by atoms with Crippen LogP contribution in [0.25, 0.3) is 11.3 Å². The van der Waals surface area contributed by atoms with Crippen LogP contribution in [0.3, 0.4) is 0 Å². The standard InChI is InChI=1S/C17H19ClN2O2S/c1-11(2)23(21,22)20-17-9-15(17)12-3-5-13(6-4-12)16-8-7-14(18)10-19-16/h3-8,10-11,15,17,20H,9H2,1-2H3/t15?,17-/m0/s1. The summed E-state index contributed by atoms with van der Waals surface area (Å²) < 4.78 is 26.6. The van der Waals surface area contributed by atoms with Crippen LogP contribution in [0.1, 0.15) is 31.7 Å². The summed E-state index contributed by atoms with van der Waals surface area (Å²) in [5, 5.41) is 0.214. The number of rotatable bonds is 5. The van der Waals surface area contributed by atoms with Crippen LogP contribution < -0.4 is 4.72 Å². The Balaban J connectivity index is 1.69. The number of halogens is 1. The Hall–Kier alpha value is -1.43. The van der Waals surface area contributed by atoms with Gasteiger partial charge in [0.1, 0.15) is 0 Å². The Kier molecular flexibility index (Phi) is 4.45. The number of aromatic nitrogens is 1. The third kappa shape index (κ3) is 3.74. The second kappa shape index (κ2) is 6.23. The van der Waals surface area contributed by atoms with Crippen LogP contribution in [0, 0.1) is 0 Å².